The molecule has 106 valence electrons. The van der Waals surface area contributed by atoms with Crippen molar-refractivity contribution in [2.75, 3.05) is 18.1 Å². The zero-order valence-electron chi connectivity index (χ0n) is 11.3. The lowest BCUT2D eigenvalue weighted by molar-refractivity contribution is 0.342. The van der Waals surface area contributed by atoms with Gasteiger partial charge in [-0.15, -0.1) is 0 Å². The van der Waals surface area contributed by atoms with Crippen LogP contribution in [0.2, 0.25) is 0 Å². The van der Waals surface area contributed by atoms with Crippen LogP contribution in [0.4, 0.5) is 0 Å². The third-order valence-electron chi connectivity index (χ3n) is 3.52. The van der Waals surface area contributed by atoms with Crippen LogP contribution in [0, 0.1) is 0 Å². The van der Waals surface area contributed by atoms with Crippen molar-refractivity contribution in [2.24, 2.45) is 0 Å². The molecule has 1 unspecified atom stereocenters. The number of pyridine rings is 1. The second-order valence-electron chi connectivity index (χ2n) is 4.95. The number of hydrogen-bond acceptors (Lipinski definition) is 6. The van der Waals surface area contributed by atoms with E-state index in [2.05, 4.69) is 20.4 Å². The van der Waals surface area contributed by atoms with E-state index in [0.717, 1.165) is 34.5 Å². The zero-order chi connectivity index (χ0) is 14.1. The molecule has 3 heterocycles. The fourth-order valence-electron chi connectivity index (χ4n) is 2.43. The van der Waals surface area contributed by atoms with Gasteiger partial charge in [0.05, 0.1) is 11.6 Å². The highest BCUT2D eigenvalue weighted by Gasteiger charge is 2.21. The Morgan fingerprint density at radius 3 is 3.19 bits per heavy atom. The highest BCUT2D eigenvalue weighted by Crippen LogP contribution is 2.25. The first-order valence-corrected chi connectivity index (χ1v) is 8.05. The van der Waals surface area contributed by atoms with Crippen LogP contribution >= 0.6 is 11.8 Å². The zero-order valence-corrected chi connectivity index (χ0v) is 12.1. The lowest BCUT2D eigenvalue weighted by Crippen LogP contribution is -2.30. The standard InChI is InChI=1S/C15H14N4OS/c1-2-10-8-11(3-4-12(10)16-5-1)14-18-15(20-19-14)13-9-21-7-6-17-13/h1-5,8,13,17H,6-7,9H2. The van der Waals surface area contributed by atoms with Crippen LogP contribution in [0.3, 0.4) is 0 Å². The van der Waals surface area contributed by atoms with Gasteiger partial charge in [0.15, 0.2) is 0 Å². The van der Waals surface area contributed by atoms with Gasteiger partial charge in [-0.2, -0.15) is 16.7 Å². The third kappa shape index (κ3) is 2.52. The van der Waals surface area contributed by atoms with E-state index < -0.39 is 0 Å². The summed E-state index contributed by atoms with van der Waals surface area (Å²) in [5, 5.41) is 8.59. The normalized spacial score (nSPS) is 19.0. The summed E-state index contributed by atoms with van der Waals surface area (Å²) in [7, 11) is 0. The minimum atomic E-state index is 0.159. The summed E-state index contributed by atoms with van der Waals surface area (Å²) < 4.78 is 5.42. The van der Waals surface area contributed by atoms with Crippen molar-refractivity contribution < 1.29 is 4.52 Å². The molecule has 2 aromatic heterocycles. The third-order valence-corrected chi connectivity index (χ3v) is 4.58. The van der Waals surface area contributed by atoms with E-state index in [9.17, 15) is 0 Å². The smallest absolute Gasteiger partial charge is 0.244 e. The quantitative estimate of drug-likeness (QED) is 0.784. The maximum atomic E-state index is 5.42. The summed E-state index contributed by atoms with van der Waals surface area (Å²) in [5.41, 5.74) is 1.92. The molecule has 1 saturated heterocycles. The van der Waals surface area contributed by atoms with Crippen LogP contribution in [0.5, 0.6) is 0 Å². The number of thioether (sulfide) groups is 1. The molecule has 0 bridgehead atoms. The highest BCUT2D eigenvalue weighted by molar-refractivity contribution is 7.99. The van der Waals surface area contributed by atoms with Gasteiger partial charge < -0.3 is 9.84 Å². The number of nitrogens with zero attached hydrogens (tertiary/aromatic N) is 3. The first-order valence-electron chi connectivity index (χ1n) is 6.90. The minimum Gasteiger partial charge on any atom is -0.337 e. The number of fused-ring (bicyclic) bond motifs is 1. The Balaban J connectivity index is 1.67. The Hall–Kier alpha value is -1.92. The lowest BCUT2D eigenvalue weighted by atomic mass is 10.1. The van der Waals surface area contributed by atoms with Crippen molar-refractivity contribution in [2.45, 2.75) is 6.04 Å². The molecular weight excluding hydrogens is 284 g/mol. The Kier molecular flexibility index (Phi) is 3.33. The first-order chi connectivity index (χ1) is 10.4. The topological polar surface area (TPSA) is 63.8 Å². The predicted octanol–water partition coefficient (Wildman–Crippen LogP) is 2.66. The van der Waals surface area contributed by atoms with Crippen molar-refractivity contribution >= 4 is 22.7 Å². The molecule has 3 aromatic rings. The Labute approximate surface area is 126 Å². The number of aromatic nitrogens is 3. The first kappa shape index (κ1) is 12.8. The molecule has 0 amide bonds. The second-order valence-corrected chi connectivity index (χ2v) is 6.10. The van der Waals surface area contributed by atoms with Crippen molar-refractivity contribution in [1.82, 2.24) is 20.4 Å². The van der Waals surface area contributed by atoms with E-state index in [1.54, 1.807) is 6.20 Å². The van der Waals surface area contributed by atoms with E-state index in [1.807, 2.05) is 42.1 Å². The molecule has 1 aromatic carbocycles. The molecule has 1 atom stereocenters. The molecule has 21 heavy (non-hydrogen) atoms. The van der Waals surface area contributed by atoms with Crippen LogP contribution < -0.4 is 5.32 Å². The maximum absolute atomic E-state index is 5.42. The molecule has 0 aliphatic carbocycles. The number of benzene rings is 1. The number of nitrogens with one attached hydrogen (secondary N) is 1. The summed E-state index contributed by atoms with van der Waals surface area (Å²) in [4.78, 5) is 8.85. The van der Waals surface area contributed by atoms with Crippen LogP contribution in [0.15, 0.2) is 41.1 Å². The molecule has 5 nitrogen and oxygen atoms in total. The Morgan fingerprint density at radius 2 is 2.29 bits per heavy atom. The largest absolute Gasteiger partial charge is 0.337 e. The number of rotatable bonds is 2. The van der Waals surface area contributed by atoms with Gasteiger partial charge in [-0.25, -0.2) is 0 Å². The molecule has 6 heteroatoms. The molecule has 0 radical (unpaired) electrons. The van der Waals surface area contributed by atoms with Gasteiger partial charge in [0.1, 0.15) is 0 Å². The van der Waals surface area contributed by atoms with Crippen molar-refractivity contribution in [3.05, 3.63) is 42.4 Å². The molecule has 4 rings (SSSR count). The van der Waals surface area contributed by atoms with E-state index >= 15 is 0 Å². The Morgan fingerprint density at radius 1 is 1.29 bits per heavy atom. The average Bonchev–Trinajstić information content (AvgIpc) is 3.05. The van der Waals surface area contributed by atoms with Crippen LogP contribution in [-0.4, -0.2) is 33.2 Å². The van der Waals surface area contributed by atoms with E-state index in [1.165, 1.54) is 0 Å². The summed E-state index contributed by atoms with van der Waals surface area (Å²) in [6.45, 7) is 0.981. The van der Waals surface area contributed by atoms with Gasteiger partial charge in [-0.05, 0) is 24.3 Å². The number of hydrogen-bond donors (Lipinski definition) is 1. The van der Waals surface area contributed by atoms with Crippen molar-refractivity contribution in [1.29, 1.82) is 0 Å². The van der Waals surface area contributed by atoms with Gasteiger partial charge in [-0.3, -0.25) is 4.98 Å². The van der Waals surface area contributed by atoms with Gasteiger partial charge in [-0.1, -0.05) is 11.2 Å². The highest BCUT2D eigenvalue weighted by atomic mass is 32.2. The van der Waals surface area contributed by atoms with Gasteiger partial charge in [0.25, 0.3) is 0 Å². The lowest BCUT2D eigenvalue weighted by Gasteiger charge is -2.19. The molecule has 1 fully saturated rings. The van der Waals surface area contributed by atoms with Gasteiger partial charge in [0.2, 0.25) is 11.7 Å². The van der Waals surface area contributed by atoms with E-state index in [0.29, 0.717) is 11.7 Å². The minimum absolute atomic E-state index is 0.159. The average molecular weight is 298 g/mol. The predicted molar refractivity (Wildman–Crippen MR) is 83.1 cm³/mol. The molecule has 1 aliphatic heterocycles. The van der Waals surface area contributed by atoms with Crippen LogP contribution in [0.25, 0.3) is 22.3 Å². The van der Waals surface area contributed by atoms with Crippen LogP contribution in [-0.2, 0) is 0 Å². The second kappa shape index (κ2) is 5.46. The molecule has 1 N–H and O–H groups in total. The van der Waals surface area contributed by atoms with Crippen molar-refractivity contribution in [3.8, 4) is 11.4 Å². The monoisotopic (exact) mass is 298 g/mol. The van der Waals surface area contributed by atoms with Gasteiger partial charge >= 0.3 is 0 Å². The van der Waals surface area contributed by atoms with Gasteiger partial charge in [0, 0.05) is 35.2 Å². The van der Waals surface area contributed by atoms with Crippen LogP contribution in [0.1, 0.15) is 11.9 Å². The fraction of sp³-hybridized carbons (Fsp3) is 0.267. The maximum Gasteiger partial charge on any atom is 0.244 e. The SMILES string of the molecule is c1cnc2ccc(-c3noc(C4CSCCN4)n3)cc2c1. The molecule has 0 spiro atoms. The summed E-state index contributed by atoms with van der Waals surface area (Å²) in [6, 6.07) is 10.1. The Bertz CT molecular complexity index is 767. The summed E-state index contributed by atoms with van der Waals surface area (Å²) >= 11 is 1.91. The molecular formula is C15H14N4OS. The van der Waals surface area contributed by atoms with Crippen molar-refractivity contribution in [3.63, 3.8) is 0 Å². The van der Waals surface area contributed by atoms with E-state index in [4.69, 9.17) is 4.52 Å². The van der Waals surface area contributed by atoms with E-state index in [-0.39, 0.29) is 6.04 Å². The summed E-state index contributed by atoms with van der Waals surface area (Å²) in [6.07, 6.45) is 1.79. The summed E-state index contributed by atoms with van der Waals surface area (Å²) in [5.74, 6) is 3.41. The fourth-order valence-corrected chi connectivity index (χ4v) is 3.36. The molecule has 0 saturated carbocycles. The molecule has 1 aliphatic rings.